The number of fused-ring (bicyclic) bond motifs is 3. The van der Waals surface area contributed by atoms with Gasteiger partial charge in [0.15, 0.2) is 0 Å². The van der Waals surface area contributed by atoms with Crippen LogP contribution < -0.4 is 5.32 Å². The quantitative estimate of drug-likeness (QED) is 0.559. The van der Waals surface area contributed by atoms with Crippen LogP contribution in [0.4, 0.5) is 4.39 Å². The molecular weight excluding hydrogens is 389 g/mol. The lowest BCUT2D eigenvalue weighted by Gasteiger charge is -2.13. The van der Waals surface area contributed by atoms with Gasteiger partial charge in [-0.25, -0.2) is 16.8 Å². The summed E-state index contributed by atoms with van der Waals surface area (Å²) in [5.74, 6) is -0.588. The van der Waals surface area contributed by atoms with E-state index in [2.05, 4.69) is 16.4 Å². The molecule has 0 fully saturated rings. The molecule has 3 heterocycles. The fraction of sp³-hybridized carbons (Fsp3) is 0.136. The topological polar surface area (TPSA) is 64.0 Å². The van der Waals surface area contributed by atoms with Gasteiger partial charge in [0.05, 0.1) is 15.9 Å². The van der Waals surface area contributed by atoms with Crippen molar-refractivity contribution < 1.29 is 12.8 Å². The van der Waals surface area contributed by atoms with Crippen molar-refractivity contribution in [1.82, 2.24) is 14.3 Å². The van der Waals surface area contributed by atoms with E-state index >= 15 is 0 Å². The average molecular weight is 407 g/mol. The van der Waals surface area contributed by atoms with E-state index in [1.54, 1.807) is 18.5 Å². The Kier molecular flexibility index (Phi) is 4.22. The summed E-state index contributed by atoms with van der Waals surface area (Å²) < 4.78 is 42.0. The van der Waals surface area contributed by atoms with Crippen molar-refractivity contribution in [2.75, 3.05) is 13.1 Å². The molecule has 0 amide bonds. The van der Waals surface area contributed by atoms with Gasteiger partial charge in [-0.2, -0.15) is 0 Å². The van der Waals surface area contributed by atoms with Gasteiger partial charge in [-0.15, -0.1) is 0 Å². The van der Waals surface area contributed by atoms with Crippen LogP contribution in [0, 0.1) is 5.82 Å². The Balaban J connectivity index is 1.87. The zero-order chi connectivity index (χ0) is 20.0. The van der Waals surface area contributed by atoms with Gasteiger partial charge in [0.2, 0.25) is 0 Å². The van der Waals surface area contributed by atoms with Crippen molar-refractivity contribution in [2.45, 2.75) is 11.3 Å². The Morgan fingerprint density at radius 3 is 2.76 bits per heavy atom. The Morgan fingerprint density at radius 1 is 1.07 bits per heavy atom. The predicted octanol–water partition coefficient (Wildman–Crippen LogP) is 3.94. The molecule has 1 N–H and O–H groups in total. The second-order valence-electron chi connectivity index (χ2n) is 7.02. The summed E-state index contributed by atoms with van der Waals surface area (Å²) in [5, 5.41) is 4.87. The summed E-state index contributed by atoms with van der Waals surface area (Å²) in [6.07, 6.45) is 6.24. The van der Waals surface area contributed by atoms with Crippen molar-refractivity contribution in [3.05, 3.63) is 78.4 Å². The lowest BCUT2D eigenvalue weighted by atomic mass is 9.99. The molecule has 4 aromatic rings. The molecule has 0 bridgehead atoms. The maximum absolute atomic E-state index is 13.8. The molecule has 0 aliphatic carbocycles. The highest BCUT2D eigenvalue weighted by Crippen LogP contribution is 2.36. The first kappa shape index (κ1) is 18.0. The van der Waals surface area contributed by atoms with Crippen LogP contribution in [0.1, 0.15) is 12.0 Å². The second kappa shape index (κ2) is 6.79. The summed E-state index contributed by atoms with van der Waals surface area (Å²) in [6.45, 7) is 1.58. The number of halogens is 1. The van der Waals surface area contributed by atoms with Crippen molar-refractivity contribution in [1.29, 1.82) is 0 Å². The molecule has 1 aliphatic rings. The molecule has 7 heteroatoms. The number of pyridine rings is 1. The zero-order valence-electron chi connectivity index (χ0n) is 15.5. The van der Waals surface area contributed by atoms with Crippen LogP contribution >= 0.6 is 0 Å². The maximum atomic E-state index is 13.8. The largest absolute Gasteiger partial charge is 0.313 e. The van der Waals surface area contributed by atoms with Gasteiger partial charge in [-0.05, 0) is 61.0 Å². The standard InChI is InChI=1S/C22H18FN3O2S/c23-16-3-1-4-17(13-16)29(27,28)26-14-20(15-8-11-24-12-9-15)18-6-7-21-19(22(18)26)5-2-10-25-21/h1-8,10,13-14,24H,9,11-12H2. The summed E-state index contributed by atoms with van der Waals surface area (Å²) in [5.41, 5.74) is 3.26. The Morgan fingerprint density at radius 2 is 1.97 bits per heavy atom. The third-order valence-electron chi connectivity index (χ3n) is 5.28. The van der Waals surface area contributed by atoms with Crippen molar-refractivity contribution in [2.24, 2.45) is 0 Å². The predicted molar refractivity (Wildman–Crippen MR) is 112 cm³/mol. The molecule has 5 rings (SSSR count). The molecule has 0 atom stereocenters. The molecule has 2 aromatic carbocycles. The fourth-order valence-corrected chi connectivity index (χ4v) is 5.32. The summed E-state index contributed by atoms with van der Waals surface area (Å²) in [4.78, 5) is 4.29. The van der Waals surface area contributed by atoms with E-state index in [4.69, 9.17) is 0 Å². The Labute approximate surface area is 167 Å². The van der Waals surface area contributed by atoms with Crippen LogP contribution in [0.2, 0.25) is 0 Å². The first-order chi connectivity index (χ1) is 14.1. The van der Waals surface area contributed by atoms with E-state index in [9.17, 15) is 12.8 Å². The Bertz CT molecular complexity index is 1390. The van der Waals surface area contributed by atoms with Gasteiger partial charge in [0.1, 0.15) is 5.82 Å². The Hall–Kier alpha value is -3.03. The minimum Gasteiger partial charge on any atom is -0.313 e. The highest BCUT2D eigenvalue weighted by molar-refractivity contribution is 7.90. The van der Waals surface area contributed by atoms with Gasteiger partial charge >= 0.3 is 0 Å². The SMILES string of the molecule is O=S(=O)(c1cccc(F)c1)n1cc(C2=CCNCC2)c2ccc3ncccc3c21. The smallest absolute Gasteiger partial charge is 0.268 e. The molecule has 0 unspecified atom stereocenters. The third kappa shape index (κ3) is 2.94. The number of benzene rings is 2. The van der Waals surface area contributed by atoms with E-state index in [1.807, 2.05) is 18.2 Å². The fourth-order valence-electron chi connectivity index (χ4n) is 3.90. The highest BCUT2D eigenvalue weighted by atomic mass is 32.2. The highest BCUT2D eigenvalue weighted by Gasteiger charge is 2.24. The van der Waals surface area contributed by atoms with Crippen molar-refractivity contribution >= 4 is 37.4 Å². The van der Waals surface area contributed by atoms with E-state index in [-0.39, 0.29) is 4.90 Å². The number of nitrogens with one attached hydrogen (secondary N) is 1. The van der Waals surface area contributed by atoms with Crippen LogP contribution in [0.25, 0.3) is 27.4 Å². The van der Waals surface area contributed by atoms with E-state index in [0.717, 1.165) is 47.5 Å². The monoisotopic (exact) mass is 407 g/mol. The number of hydrogen-bond donors (Lipinski definition) is 1. The minimum absolute atomic E-state index is 0.0823. The molecule has 29 heavy (non-hydrogen) atoms. The van der Waals surface area contributed by atoms with Gasteiger partial charge in [-0.3, -0.25) is 4.98 Å². The summed E-state index contributed by atoms with van der Waals surface area (Å²) >= 11 is 0. The molecule has 0 saturated heterocycles. The molecular formula is C22H18FN3O2S. The van der Waals surface area contributed by atoms with E-state index < -0.39 is 15.8 Å². The van der Waals surface area contributed by atoms with Crippen molar-refractivity contribution in [3.63, 3.8) is 0 Å². The van der Waals surface area contributed by atoms with Crippen LogP contribution in [-0.2, 0) is 10.0 Å². The number of nitrogens with zero attached hydrogens (tertiary/aromatic N) is 2. The summed E-state index contributed by atoms with van der Waals surface area (Å²) in [7, 11) is -3.99. The van der Waals surface area contributed by atoms with Gasteiger partial charge in [0, 0.05) is 35.3 Å². The van der Waals surface area contributed by atoms with Crippen LogP contribution in [0.5, 0.6) is 0 Å². The molecule has 0 spiro atoms. The van der Waals surface area contributed by atoms with Crippen LogP contribution in [0.3, 0.4) is 0 Å². The average Bonchev–Trinajstić information content (AvgIpc) is 3.15. The number of hydrogen-bond acceptors (Lipinski definition) is 4. The van der Waals surface area contributed by atoms with Crippen LogP contribution in [0.15, 0.2) is 71.9 Å². The number of rotatable bonds is 3. The lowest BCUT2D eigenvalue weighted by Crippen LogP contribution is -2.20. The second-order valence-corrected chi connectivity index (χ2v) is 8.83. The van der Waals surface area contributed by atoms with Gasteiger partial charge in [-0.1, -0.05) is 12.1 Å². The first-order valence-corrected chi connectivity index (χ1v) is 10.8. The van der Waals surface area contributed by atoms with Crippen molar-refractivity contribution in [3.8, 4) is 0 Å². The molecule has 5 nitrogen and oxygen atoms in total. The zero-order valence-corrected chi connectivity index (χ0v) is 16.3. The normalized spacial score (nSPS) is 15.0. The lowest BCUT2D eigenvalue weighted by molar-refractivity contribution is 0.584. The molecule has 1 aliphatic heterocycles. The third-order valence-corrected chi connectivity index (χ3v) is 6.93. The van der Waals surface area contributed by atoms with Crippen LogP contribution in [-0.4, -0.2) is 30.5 Å². The molecule has 0 saturated carbocycles. The van der Waals surface area contributed by atoms with Gasteiger partial charge in [0.25, 0.3) is 10.0 Å². The molecule has 0 radical (unpaired) electrons. The molecule has 146 valence electrons. The molecule has 2 aromatic heterocycles. The summed E-state index contributed by atoms with van der Waals surface area (Å²) in [6, 6.07) is 12.6. The minimum atomic E-state index is -3.99. The number of aromatic nitrogens is 2. The first-order valence-electron chi connectivity index (χ1n) is 9.36. The van der Waals surface area contributed by atoms with E-state index in [0.29, 0.717) is 11.0 Å². The van der Waals surface area contributed by atoms with E-state index in [1.165, 1.54) is 22.2 Å². The maximum Gasteiger partial charge on any atom is 0.268 e. The van der Waals surface area contributed by atoms with Gasteiger partial charge < -0.3 is 5.32 Å².